The molecule has 3 aromatic carbocycles. The minimum Gasteiger partial charge on any atom is -0.497 e. The van der Waals surface area contributed by atoms with E-state index in [0.29, 0.717) is 16.5 Å². The van der Waals surface area contributed by atoms with Crippen LogP contribution in [0, 0.1) is 12.8 Å². The van der Waals surface area contributed by atoms with E-state index in [2.05, 4.69) is 0 Å². The smallest absolute Gasteiger partial charge is 0.266 e. The second-order valence-corrected chi connectivity index (χ2v) is 8.31. The zero-order chi connectivity index (χ0) is 22.4. The molecule has 3 aromatic rings. The highest BCUT2D eigenvalue weighted by atomic mass is 35.5. The van der Waals surface area contributed by atoms with Crippen molar-refractivity contribution in [3.8, 4) is 5.75 Å². The minimum atomic E-state index is -0.923. The van der Waals surface area contributed by atoms with Gasteiger partial charge in [-0.05, 0) is 54.4 Å². The van der Waals surface area contributed by atoms with Crippen molar-refractivity contribution in [1.29, 1.82) is 0 Å². The van der Waals surface area contributed by atoms with Gasteiger partial charge in [-0.15, -0.1) is 0 Å². The fourth-order valence-electron chi connectivity index (χ4n) is 4.44. The number of halogens is 1. The van der Waals surface area contributed by atoms with Crippen LogP contribution in [0.1, 0.15) is 17.2 Å². The van der Waals surface area contributed by atoms with Gasteiger partial charge in [-0.25, -0.2) is 9.96 Å². The van der Waals surface area contributed by atoms with E-state index in [0.717, 1.165) is 16.8 Å². The van der Waals surface area contributed by atoms with Crippen molar-refractivity contribution in [3.63, 3.8) is 0 Å². The average molecular weight is 449 g/mol. The third-order valence-electron chi connectivity index (χ3n) is 5.99. The van der Waals surface area contributed by atoms with Crippen molar-refractivity contribution >= 4 is 34.8 Å². The Morgan fingerprint density at radius 3 is 2.38 bits per heavy atom. The highest BCUT2D eigenvalue weighted by molar-refractivity contribution is 6.31. The molecule has 0 spiro atoms. The minimum absolute atomic E-state index is 0.306. The topological polar surface area (TPSA) is 59.1 Å². The average Bonchev–Trinajstić information content (AvgIpc) is 3.30. The summed E-state index contributed by atoms with van der Waals surface area (Å²) in [6.07, 6.45) is -0.923. The standard InChI is InChI=1S/C25H21ClN2O4/c1-15-6-3-4-9-20(15)28-22(16-10-12-19(31-2)13-11-16)21-23(32-28)25(30)27(24(21)29)18-8-5-7-17(26)14-18/h3-14,21-23H,1-2H3/t21-,22+,23-/m0/s1. The summed E-state index contributed by atoms with van der Waals surface area (Å²) < 4.78 is 5.29. The summed E-state index contributed by atoms with van der Waals surface area (Å²) in [6, 6.07) is 21.5. The lowest BCUT2D eigenvalue weighted by atomic mass is 9.90. The zero-order valence-electron chi connectivity index (χ0n) is 17.6. The summed E-state index contributed by atoms with van der Waals surface area (Å²) in [4.78, 5) is 34.3. The van der Waals surface area contributed by atoms with Gasteiger partial charge in [-0.1, -0.05) is 48.0 Å². The van der Waals surface area contributed by atoms with E-state index in [1.807, 2.05) is 55.5 Å². The summed E-state index contributed by atoms with van der Waals surface area (Å²) in [7, 11) is 1.60. The number of nitrogens with zero attached hydrogens (tertiary/aromatic N) is 2. The number of hydroxylamine groups is 1. The number of fused-ring (bicyclic) bond motifs is 1. The van der Waals surface area contributed by atoms with E-state index in [1.165, 1.54) is 4.90 Å². The van der Waals surface area contributed by atoms with Gasteiger partial charge in [-0.2, -0.15) is 0 Å². The van der Waals surface area contributed by atoms with Gasteiger partial charge in [0.25, 0.3) is 5.91 Å². The van der Waals surface area contributed by atoms with Crippen molar-refractivity contribution in [2.45, 2.75) is 19.1 Å². The van der Waals surface area contributed by atoms with Gasteiger partial charge in [0.05, 0.1) is 24.5 Å². The second kappa shape index (κ2) is 7.97. The number of hydrogen-bond donors (Lipinski definition) is 0. The van der Waals surface area contributed by atoms with E-state index in [9.17, 15) is 9.59 Å². The normalized spacial score (nSPS) is 22.4. The molecule has 2 aliphatic heterocycles. The number of hydrogen-bond acceptors (Lipinski definition) is 5. The Bertz CT molecular complexity index is 1200. The molecule has 32 heavy (non-hydrogen) atoms. The van der Waals surface area contributed by atoms with Gasteiger partial charge < -0.3 is 4.74 Å². The van der Waals surface area contributed by atoms with E-state index in [-0.39, 0.29) is 5.91 Å². The van der Waals surface area contributed by atoms with Gasteiger partial charge in [-0.3, -0.25) is 14.4 Å². The van der Waals surface area contributed by atoms with E-state index >= 15 is 0 Å². The van der Waals surface area contributed by atoms with Gasteiger partial charge in [0.2, 0.25) is 5.91 Å². The number of methoxy groups -OCH3 is 1. The number of benzene rings is 3. The molecule has 7 heteroatoms. The van der Waals surface area contributed by atoms with Crippen LogP contribution in [0.5, 0.6) is 5.75 Å². The Kier molecular flexibility index (Phi) is 5.12. The monoisotopic (exact) mass is 448 g/mol. The number of carbonyl (C=O) groups is 2. The van der Waals surface area contributed by atoms with Crippen LogP contribution in [0.3, 0.4) is 0 Å². The van der Waals surface area contributed by atoms with Crippen LogP contribution in [0.25, 0.3) is 0 Å². The number of anilines is 2. The van der Waals surface area contributed by atoms with Crippen LogP contribution in [0.15, 0.2) is 72.8 Å². The molecule has 0 N–H and O–H groups in total. The van der Waals surface area contributed by atoms with Crippen molar-refractivity contribution < 1.29 is 19.2 Å². The molecule has 6 nitrogen and oxygen atoms in total. The maximum atomic E-state index is 13.6. The maximum absolute atomic E-state index is 13.6. The van der Waals surface area contributed by atoms with Gasteiger partial charge in [0.1, 0.15) is 11.7 Å². The van der Waals surface area contributed by atoms with Crippen molar-refractivity contribution in [2.24, 2.45) is 5.92 Å². The number of imide groups is 1. The fourth-order valence-corrected chi connectivity index (χ4v) is 4.63. The molecule has 162 valence electrons. The van der Waals surface area contributed by atoms with Crippen molar-refractivity contribution in [3.05, 3.63) is 88.9 Å². The first kappa shape index (κ1) is 20.5. The number of carbonyl (C=O) groups excluding carboxylic acids is 2. The SMILES string of the molecule is COc1ccc([C@@H]2[C@@H]3C(=O)N(c4cccc(Cl)c4)C(=O)[C@H]3ON2c2ccccc2C)cc1. The summed E-state index contributed by atoms with van der Waals surface area (Å²) in [5.41, 5.74) is 3.10. The first-order chi connectivity index (χ1) is 15.5. The molecule has 2 heterocycles. The molecule has 0 aliphatic carbocycles. The molecule has 0 radical (unpaired) electrons. The van der Waals surface area contributed by atoms with Crippen LogP contribution >= 0.6 is 11.6 Å². The highest BCUT2D eigenvalue weighted by Gasteiger charge is 2.60. The lowest BCUT2D eigenvalue weighted by Gasteiger charge is -2.29. The first-order valence-electron chi connectivity index (χ1n) is 10.3. The molecule has 0 saturated carbocycles. The number of ether oxygens (including phenoxy) is 1. The molecular weight excluding hydrogens is 428 g/mol. The van der Waals surface area contributed by atoms with Gasteiger partial charge in [0, 0.05) is 5.02 Å². The lowest BCUT2D eigenvalue weighted by Crippen LogP contribution is -2.37. The van der Waals surface area contributed by atoms with Crippen molar-refractivity contribution in [2.75, 3.05) is 17.1 Å². The highest BCUT2D eigenvalue weighted by Crippen LogP contribution is 2.48. The number of para-hydroxylation sites is 1. The second-order valence-electron chi connectivity index (χ2n) is 7.87. The van der Waals surface area contributed by atoms with Crippen LogP contribution in [0.4, 0.5) is 11.4 Å². The Morgan fingerprint density at radius 2 is 1.69 bits per heavy atom. The predicted molar refractivity (Wildman–Crippen MR) is 122 cm³/mol. The molecule has 5 rings (SSSR count). The van der Waals surface area contributed by atoms with E-state index in [1.54, 1.807) is 36.4 Å². The first-order valence-corrected chi connectivity index (χ1v) is 10.7. The maximum Gasteiger partial charge on any atom is 0.266 e. The summed E-state index contributed by atoms with van der Waals surface area (Å²) in [5, 5.41) is 2.16. The van der Waals surface area contributed by atoms with E-state index < -0.39 is 24.0 Å². The molecule has 2 fully saturated rings. The Hall–Kier alpha value is -3.35. The summed E-state index contributed by atoms with van der Waals surface area (Å²) >= 11 is 6.11. The molecule has 2 saturated heterocycles. The number of rotatable bonds is 4. The quantitative estimate of drug-likeness (QED) is 0.541. The lowest BCUT2D eigenvalue weighted by molar-refractivity contribution is -0.126. The van der Waals surface area contributed by atoms with Crippen LogP contribution < -0.4 is 14.7 Å². The largest absolute Gasteiger partial charge is 0.497 e. The molecule has 2 aliphatic rings. The molecule has 2 amide bonds. The van der Waals surface area contributed by atoms with Crippen LogP contribution in [-0.4, -0.2) is 25.0 Å². The third kappa shape index (κ3) is 3.23. The Labute approximate surface area is 190 Å². The van der Waals surface area contributed by atoms with Crippen molar-refractivity contribution in [1.82, 2.24) is 0 Å². The van der Waals surface area contributed by atoms with E-state index in [4.69, 9.17) is 21.2 Å². The Morgan fingerprint density at radius 1 is 0.938 bits per heavy atom. The fraction of sp³-hybridized carbons (Fsp3) is 0.200. The zero-order valence-corrected chi connectivity index (χ0v) is 18.3. The summed E-state index contributed by atoms with van der Waals surface area (Å²) in [6.45, 7) is 1.97. The molecule has 0 bridgehead atoms. The van der Waals surface area contributed by atoms with Crippen LogP contribution in [-0.2, 0) is 14.4 Å². The Balaban J connectivity index is 1.60. The number of aryl methyl sites for hydroxylation is 1. The molecule has 0 aromatic heterocycles. The third-order valence-corrected chi connectivity index (χ3v) is 6.23. The summed E-state index contributed by atoms with van der Waals surface area (Å²) in [5.74, 6) is -0.688. The molecule has 0 unspecified atom stereocenters. The van der Waals surface area contributed by atoms with Crippen LogP contribution in [0.2, 0.25) is 5.02 Å². The van der Waals surface area contributed by atoms with Gasteiger partial charge in [0.15, 0.2) is 6.10 Å². The predicted octanol–water partition coefficient (Wildman–Crippen LogP) is 4.71. The number of amides is 2. The molecule has 3 atom stereocenters. The van der Waals surface area contributed by atoms with Gasteiger partial charge >= 0.3 is 0 Å². The molecular formula is C25H21ClN2O4.